The van der Waals surface area contributed by atoms with Crippen LogP contribution in [0.1, 0.15) is 31.4 Å². The molecule has 4 N–H and O–H groups in total. The van der Waals surface area contributed by atoms with Gasteiger partial charge in [-0.25, -0.2) is 4.79 Å². The Bertz CT molecular complexity index is 408. The number of aromatic amines is 1. The van der Waals surface area contributed by atoms with Crippen LogP contribution in [0.2, 0.25) is 0 Å². The molecule has 0 aliphatic heterocycles. The van der Waals surface area contributed by atoms with Gasteiger partial charge in [-0.2, -0.15) is 0 Å². The first-order valence-corrected chi connectivity index (χ1v) is 5.08. The van der Waals surface area contributed by atoms with Gasteiger partial charge >= 0.3 is 5.97 Å². The zero-order valence-corrected chi connectivity index (χ0v) is 9.00. The number of carbonyl (C=O) groups is 1. The molecule has 0 aromatic carbocycles. The number of aliphatic carboxylic acids is 1. The van der Waals surface area contributed by atoms with Crippen molar-refractivity contribution in [1.82, 2.24) is 4.98 Å². The molecule has 2 rings (SSSR count). The third-order valence-corrected chi connectivity index (χ3v) is 3.68. The minimum absolute atomic E-state index is 0.423. The summed E-state index contributed by atoms with van der Waals surface area (Å²) < 4.78 is 0. The molecule has 4 heteroatoms. The number of fused-ring (bicyclic) bond motifs is 1. The Morgan fingerprint density at radius 2 is 2.20 bits per heavy atom. The van der Waals surface area contributed by atoms with Gasteiger partial charge in [0.1, 0.15) is 5.54 Å². The van der Waals surface area contributed by atoms with E-state index in [2.05, 4.69) is 4.98 Å². The molecule has 1 unspecified atom stereocenters. The smallest absolute Gasteiger partial charge is 0.328 e. The minimum atomic E-state index is -1.28. The molecule has 1 aromatic heterocycles. The highest BCUT2D eigenvalue weighted by Gasteiger charge is 2.53. The van der Waals surface area contributed by atoms with E-state index in [9.17, 15) is 9.90 Å². The SMILES string of the molecule is CC1(C)CCc2c[nH]cc2C1(N)C(=O)O. The van der Waals surface area contributed by atoms with Crippen molar-refractivity contribution in [3.8, 4) is 0 Å². The van der Waals surface area contributed by atoms with E-state index < -0.39 is 16.9 Å². The van der Waals surface area contributed by atoms with Gasteiger partial charge in [-0.3, -0.25) is 0 Å². The van der Waals surface area contributed by atoms with E-state index in [0.29, 0.717) is 0 Å². The lowest BCUT2D eigenvalue weighted by molar-refractivity contribution is -0.149. The van der Waals surface area contributed by atoms with Gasteiger partial charge in [-0.05, 0) is 23.8 Å². The Morgan fingerprint density at radius 3 is 2.80 bits per heavy atom. The molecule has 0 fully saturated rings. The molecule has 0 amide bonds. The van der Waals surface area contributed by atoms with Crippen molar-refractivity contribution in [3.63, 3.8) is 0 Å². The summed E-state index contributed by atoms with van der Waals surface area (Å²) in [5, 5.41) is 9.36. The number of nitrogens with two attached hydrogens (primary N) is 1. The summed E-state index contributed by atoms with van der Waals surface area (Å²) in [5.74, 6) is -0.951. The topological polar surface area (TPSA) is 79.1 Å². The van der Waals surface area contributed by atoms with Crippen molar-refractivity contribution in [2.24, 2.45) is 11.1 Å². The van der Waals surface area contributed by atoms with E-state index in [1.54, 1.807) is 6.20 Å². The molecular formula is C11H16N2O2. The second kappa shape index (κ2) is 2.85. The average Bonchev–Trinajstić information content (AvgIpc) is 2.60. The first kappa shape index (κ1) is 10.2. The van der Waals surface area contributed by atoms with Crippen LogP contribution in [0.25, 0.3) is 0 Å². The lowest BCUT2D eigenvalue weighted by atomic mass is 9.62. The van der Waals surface area contributed by atoms with Gasteiger partial charge in [0.25, 0.3) is 0 Å². The third kappa shape index (κ3) is 1.14. The summed E-state index contributed by atoms with van der Waals surface area (Å²) >= 11 is 0. The number of hydrogen-bond donors (Lipinski definition) is 3. The quantitative estimate of drug-likeness (QED) is 0.649. The highest BCUT2D eigenvalue weighted by Crippen LogP contribution is 2.46. The number of rotatable bonds is 1. The molecule has 0 radical (unpaired) electrons. The Morgan fingerprint density at radius 1 is 1.53 bits per heavy atom. The van der Waals surface area contributed by atoms with Gasteiger partial charge in [0.15, 0.2) is 0 Å². The van der Waals surface area contributed by atoms with Crippen molar-refractivity contribution in [1.29, 1.82) is 0 Å². The zero-order chi connectivity index (χ0) is 11.3. The van der Waals surface area contributed by atoms with Gasteiger partial charge in [-0.15, -0.1) is 0 Å². The second-order valence-corrected chi connectivity index (χ2v) is 4.89. The summed E-state index contributed by atoms with van der Waals surface area (Å²) in [6.45, 7) is 3.83. The highest BCUT2D eigenvalue weighted by atomic mass is 16.4. The van der Waals surface area contributed by atoms with Crippen LogP contribution in [0, 0.1) is 5.41 Å². The van der Waals surface area contributed by atoms with E-state index in [-0.39, 0.29) is 0 Å². The van der Waals surface area contributed by atoms with E-state index >= 15 is 0 Å². The van der Waals surface area contributed by atoms with Crippen molar-refractivity contribution in [3.05, 3.63) is 23.5 Å². The molecule has 1 aliphatic carbocycles. The summed E-state index contributed by atoms with van der Waals surface area (Å²) in [6.07, 6.45) is 5.23. The van der Waals surface area contributed by atoms with Crippen molar-refractivity contribution in [2.45, 2.75) is 32.2 Å². The number of aryl methyl sites for hydroxylation is 1. The highest BCUT2D eigenvalue weighted by molar-refractivity contribution is 5.82. The van der Waals surface area contributed by atoms with Crippen molar-refractivity contribution in [2.75, 3.05) is 0 Å². The molecule has 82 valence electrons. The Hall–Kier alpha value is -1.29. The molecule has 1 aromatic rings. The van der Waals surface area contributed by atoms with Crippen LogP contribution in [0.4, 0.5) is 0 Å². The summed E-state index contributed by atoms with van der Waals surface area (Å²) in [4.78, 5) is 14.4. The molecule has 1 heterocycles. The normalized spacial score (nSPS) is 28.5. The summed E-state index contributed by atoms with van der Waals surface area (Å²) in [5.41, 5.74) is 6.17. The van der Waals surface area contributed by atoms with Gasteiger partial charge in [0, 0.05) is 18.0 Å². The van der Waals surface area contributed by atoms with Crippen LogP contribution < -0.4 is 5.73 Å². The third-order valence-electron chi connectivity index (χ3n) is 3.68. The predicted octanol–water partition coefficient (Wildman–Crippen LogP) is 1.23. The van der Waals surface area contributed by atoms with E-state index in [1.807, 2.05) is 20.0 Å². The van der Waals surface area contributed by atoms with E-state index in [1.165, 1.54) is 0 Å². The van der Waals surface area contributed by atoms with E-state index in [4.69, 9.17) is 5.73 Å². The van der Waals surface area contributed by atoms with Crippen LogP contribution in [-0.2, 0) is 16.8 Å². The van der Waals surface area contributed by atoms with Crippen LogP contribution in [-0.4, -0.2) is 16.1 Å². The van der Waals surface area contributed by atoms with Gasteiger partial charge in [0.05, 0.1) is 0 Å². The van der Waals surface area contributed by atoms with Gasteiger partial charge in [-0.1, -0.05) is 13.8 Å². The fourth-order valence-electron chi connectivity index (χ4n) is 2.38. The fraction of sp³-hybridized carbons (Fsp3) is 0.545. The second-order valence-electron chi connectivity index (χ2n) is 4.89. The zero-order valence-electron chi connectivity index (χ0n) is 9.00. The van der Waals surface area contributed by atoms with Crippen LogP contribution in [0.5, 0.6) is 0 Å². The number of H-pyrrole nitrogens is 1. The largest absolute Gasteiger partial charge is 0.480 e. The maximum Gasteiger partial charge on any atom is 0.328 e. The number of carboxylic acid groups (broad SMARTS) is 1. The number of carboxylic acids is 1. The molecular weight excluding hydrogens is 192 g/mol. The predicted molar refractivity (Wildman–Crippen MR) is 56.4 cm³/mol. The van der Waals surface area contributed by atoms with Crippen LogP contribution in [0.3, 0.4) is 0 Å². The van der Waals surface area contributed by atoms with Crippen molar-refractivity contribution < 1.29 is 9.90 Å². The molecule has 0 saturated heterocycles. The molecule has 15 heavy (non-hydrogen) atoms. The van der Waals surface area contributed by atoms with Gasteiger partial charge < -0.3 is 15.8 Å². The Balaban J connectivity index is 2.64. The maximum absolute atomic E-state index is 11.4. The van der Waals surface area contributed by atoms with Gasteiger partial charge in [0.2, 0.25) is 0 Å². The number of hydrogen-bond acceptors (Lipinski definition) is 2. The Labute approximate surface area is 88.5 Å². The molecule has 0 bridgehead atoms. The van der Waals surface area contributed by atoms with E-state index in [0.717, 1.165) is 24.0 Å². The first-order valence-electron chi connectivity index (χ1n) is 5.08. The van der Waals surface area contributed by atoms with Crippen molar-refractivity contribution >= 4 is 5.97 Å². The monoisotopic (exact) mass is 208 g/mol. The molecule has 1 atom stereocenters. The first-order chi connectivity index (χ1) is 6.89. The molecule has 4 nitrogen and oxygen atoms in total. The lowest BCUT2D eigenvalue weighted by Gasteiger charge is -2.44. The average molecular weight is 208 g/mol. The van der Waals surface area contributed by atoms with Crippen LogP contribution in [0.15, 0.2) is 12.4 Å². The molecule has 0 spiro atoms. The number of nitrogens with one attached hydrogen (secondary N) is 1. The number of aromatic nitrogens is 1. The summed E-state index contributed by atoms with van der Waals surface area (Å²) in [7, 11) is 0. The lowest BCUT2D eigenvalue weighted by Crippen LogP contribution is -2.58. The standard InChI is InChI=1S/C11H16N2O2/c1-10(2)4-3-7-5-13-6-8(7)11(10,12)9(14)15/h5-6,13H,3-4,12H2,1-2H3,(H,14,15). The van der Waals surface area contributed by atoms with Crippen LogP contribution >= 0.6 is 0 Å². The fourth-order valence-corrected chi connectivity index (χ4v) is 2.38. The minimum Gasteiger partial charge on any atom is -0.480 e. The molecule has 1 aliphatic rings. The summed E-state index contributed by atoms with van der Waals surface area (Å²) in [6, 6.07) is 0. The Kier molecular flexibility index (Phi) is 1.95. The molecule has 0 saturated carbocycles. The maximum atomic E-state index is 11.4.